The number of benzene rings is 1. The Hall–Kier alpha value is -2.97. The Morgan fingerprint density at radius 1 is 1.24 bits per heavy atom. The van der Waals surface area contributed by atoms with Crippen LogP contribution in [-0.2, 0) is 0 Å². The number of fused-ring (bicyclic) bond motifs is 1. The summed E-state index contributed by atoms with van der Waals surface area (Å²) in [5.74, 6) is 0.619. The first-order chi connectivity index (χ1) is 16.0. The highest BCUT2D eigenvalue weighted by molar-refractivity contribution is 6.33. The van der Waals surface area contributed by atoms with Gasteiger partial charge in [0.1, 0.15) is 23.5 Å². The molecule has 1 aliphatic heterocycles. The number of nitrogens with zero attached hydrogens (tertiary/aromatic N) is 5. The summed E-state index contributed by atoms with van der Waals surface area (Å²) in [5, 5.41) is 3.87. The molecule has 168 valence electrons. The third-order valence-electron chi connectivity index (χ3n) is 8.01. The Morgan fingerprint density at radius 3 is 2.94 bits per heavy atom. The standard InChI is InChI=1S/C24H22ClFN6O/c1-31-18-4-6-24(18)12-14(11-19(24)31)28-22-27-7-5-17(29-22)21-20(30-23-32(21)8-9-33-23)15-3-2-13(26)10-16(15)25/h2-3,5,7-10,14,18-19H,4,6,11-12H2,1H3,(H,27,28,29). The molecule has 7 nitrogen and oxygen atoms in total. The molecule has 1 aromatic carbocycles. The zero-order valence-electron chi connectivity index (χ0n) is 18.0. The van der Waals surface area contributed by atoms with Gasteiger partial charge in [-0.05, 0) is 57.0 Å². The van der Waals surface area contributed by atoms with Crippen LogP contribution < -0.4 is 5.32 Å². The van der Waals surface area contributed by atoms with Crippen LogP contribution >= 0.6 is 11.6 Å². The Labute approximate surface area is 194 Å². The molecule has 1 saturated heterocycles. The summed E-state index contributed by atoms with van der Waals surface area (Å²) >= 11 is 6.37. The van der Waals surface area contributed by atoms with E-state index < -0.39 is 5.82 Å². The number of halogens is 2. The summed E-state index contributed by atoms with van der Waals surface area (Å²) in [6, 6.07) is 7.92. The number of oxazole rings is 1. The van der Waals surface area contributed by atoms with Crippen LogP contribution in [0.2, 0.25) is 5.02 Å². The van der Waals surface area contributed by atoms with Gasteiger partial charge in [-0.2, -0.15) is 4.98 Å². The predicted octanol–water partition coefficient (Wildman–Crippen LogP) is 4.88. The maximum atomic E-state index is 13.7. The topological polar surface area (TPSA) is 71.5 Å². The van der Waals surface area contributed by atoms with E-state index in [0.717, 1.165) is 18.2 Å². The highest BCUT2D eigenvalue weighted by Gasteiger charge is 2.67. The van der Waals surface area contributed by atoms with E-state index in [1.807, 2.05) is 10.5 Å². The summed E-state index contributed by atoms with van der Waals surface area (Å²) in [5.41, 5.74) is 3.12. The van der Waals surface area contributed by atoms with Crippen molar-refractivity contribution in [2.24, 2.45) is 5.41 Å². The van der Waals surface area contributed by atoms with Crippen LogP contribution in [0.5, 0.6) is 0 Å². The molecule has 7 rings (SSSR count). The van der Waals surface area contributed by atoms with Gasteiger partial charge in [-0.3, -0.25) is 9.30 Å². The highest BCUT2D eigenvalue weighted by atomic mass is 35.5. The second-order valence-corrected chi connectivity index (χ2v) is 9.91. The molecule has 3 aromatic heterocycles. The number of piperidine rings is 1. The van der Waals surface area contributed by atoms with Gasteiger partial charge >= 0.3 is 5.84 Å². The number of nitrogens with one attached hydrogen (secondary N) is 1. The van der Waals surface area contributed by atoms with E-state index in [0.29, 0.717) is 46.2 Å². The molecule has 4 unspecified atom stereocenters. The lowest BCUT2D eigenvalue weighted by Gasteiger charge is -2.67. The predicted molar refractivity (Wildman–Crippen MR) is 123 cm³/mol. The van der Waals surface area contributed by atoms with Gasteiger partial charge in [0, 0.05) is 41.5 Å². The van der Waals surface area contributed by atoms with Crippen molar-refractivity contribution in [2.75, 3.05) is 12.4 Å². The van der Waals surface area contributed by atoms with Gasteiger partial charge < -0.3 is 9.73 Å². The molecule has 3 aliphatic rings. The van der Waals surface area contributed by atoms with Crippen LogP contribution in [0.15, 0.2) is 47.3 Å². The van der Waals surface area contributed by atoms with Crippen LogP contribution in [0.4, 0.5) is 10.3 Å². The molecule has 0 radical (unpaired) electrons. The average Bonchev–Trinajstić information content (AvgIpc) is 3.46. The zero-order valence-corrected chi connectivity index (χ0v) is 18.8. The van der Waals surface area contributed by atoms with Gasteiger partial charge in [-0.15, -0.1) is 0 Å². The number of imidazole rings is 1. The van der Waals surface area contributed by atoms with E-state index in [1.54, 1.807) is 24.7 Å². The van der Waals surface area contributed by atoms with Crippen LogP contribution in [0.1, 0.15) is 25.7 Å². The number of hydrogen-bond acceptors (Lipinski definition) is 6. The molecule has 9 heteroatoms. The molecule has 1 spiro atoms. The lowest BCUT2D eigenvalue weighted by molar-refractivity contribution is -0.174. The monoisotopic (exact) mass is 464 g/mol. The van der Waals surface area contributed by atoms with Crippen molar-refractivity contribution >= 4 is 23.4 Å². The van der Waals surface area contributed by atoms with Gasteiger partial charge in [0.25, 0.3) is 0 Å². The fourth-order valence-corrected chi connectivity index (χ4v) is 6.78. The number of rotatable bonds is 4. The number of aromatic nitrogens is 4. The smallest absolute Gasteiger partial charge is 0.306 e. The van der Waals surface area contributed by atoms with Gasteiger partial charge in [0.2, 0.25) is 5.95 Å². The molecular weight excluding hydrogens is 443 g/mol. The van der Waals surface area contributed by atoms with Crippen molar-refractivity contribution in [3.05, 3.63) is 53.8 Å². The Kier molecular flexibility index (Phi) is 4.00. The summed E-state index contributed by atoms with van der Waals surface area (Å²) in [7, 11) is 2.25. The van der Waals surface area contributed by atoms with Crippen LogP contribution in [0, 0.1) is 11.2 Å². The molecule has 1 N–H and O–H groups in total. The van der Waals surface area contributed by atoms with Gasteiger partial charge in [0.05, 0.1) is 10.7 Å². The maximum Gasteiger partial charge on any atom is 0.306 e. The first-order valence-corrected chi connectivity index (χ1v) is 11.6. The first kappa shape index (κ1) is 19.5. The van der Waals surface area contributed by atoms with E-state index in [4.69, 9.17) is 21.0 Å². The molecule has 2 saturated carbocycles. The van der Waals surface area contributed by atoms with Crippen LogP contribution in [-0.4, -0.2) is 49.4 Å². The molecule has 2 aliphatic carbocycles. The summed E-state index contributed by atoms with van der Waals surface area (Å²) < 4.78 is 21.0. The number of hydrogen-bond donors (Lipinski definition) is 1. The van der Waals surface area contributed by atoms with Crippen molar-refractivity contribution in [2.45, 2.75) is 43.8 Å². The molecule has 4 aromatic rings. The molecule has 0 bridgehead atoms. The number of anilines is 1. The largest absolute Gasteiger partial charge is 0.432 e. The minimum atomic E-state index is -0.397. The minimum Gasteiger partial charge on any atom is -0.432 e. The van der Waals surface area contributed by atoms with E-state index in [-0.39, 0.29) is 5.02 Å². The lowest BCUT2D eigenvalue weighted by atomic mass is 9.54. The first-order valence-electron chi connectivity index (χ1n) is 11.3. The molecule has 3 fully saturated rings. The SMILES string of the molecule is CN1C2CCC23CC(Nc2nccc(-c4c(-c5ccc(F)cc5Cl)nc5occn45)n2)CC13. The second kappa shape index (κ2) is 6.77. The van der Waals surface area contributed by atoms with Gasteiger partial charge in [0.15, 0.2) is 0 Å². The maximum absolute atomic E-state index is 13.7. The summed E-state index contributed by atoms with van der Waals surface area (Å²) in [6.45, 7) is 0. The van der Waals surface area contributed by atoms with Crippen molar-refractivity contribution in [1.29, 1.82) is 0 Å². The summed E-state index contributed by atoms with van der Waals surface area (Å²) in [4.78, 5) is 16.5. The lowest BCUT2D eigenvalue weighted by Crippen LogP contribution is -2.73. The van der Waals surface area contributed by atoms with Crippen molar-refractivity contribution in [1.82, 2.24) is 24.3 Å². The Bertz CT molecular complexity index is 1400. The average molecular weight is 465 g/mol. The van der Waals surface area contributed by atoms with E-state index in [1.165, 1.54) is 31.4 Å². The van der Waals surface area contributed by atoms with E-state index >= 15 is 0 Å². The fraction of sp³-hybridized carbons (Fsp3) is 0.375. The van der Waals surface area contributed by atoms with E-state index in [2.05, 4.69) is 27.2 Å². The molecule has 33 heavy (non-hydrogen) atoms. The third-order valence-corrected chi connectivity index (χ3v) is 8.32. The molecule has 4 atom stereocenters. The van der Waals surface area contributed by atoms with E-state index in [9.17, 15) is 4.39 Å². The fourth-order valence-electron chi connectivity index (χ4n) is 6.52. The quantitative estimate of drug-likeness (QED) is 0.464. The Balaban J connectivity index is 1.25. The van der Waals surface area contributed by atoms with Gasteiger partial charge in [-0.25, -0.2) is 14.4 Å². The minimum absolute atomic E-state index is 0.282. The zero-order chi connectivity index (χ0) is 22.3. The van der Waals surface area contributed by atoms with Crippen LogP contribution in [0.3, 0.4) is 0 Å². The normalized spacial score (nSPS) is 28.3. The second-order valence-electron chi connectivity index (χ2n) is 9.50. The van der Waals surface area contributed by atoms with Crippen molar-refractivity contribution in [3.63, 3.8) is 0 Å². The third kappa shape index (κ3) is 2.68. The highest BCUT2D eigenvalue weighted by Crippen LogP contribution is 2.64. The Morgan fingerprint density at radius 2 is 2.15 bits per heavy atom. The van der Waals surface area contributed by atoms with Crippen molar-refractivity contribution < 1.29 is 8.81 Å². The molecule has 0 amide bonds. The molecule has 4 heterocycles. The van der Waals surface area contributed by atoms with Gasteiger partial charge in [-0.1, -0.05) is 11.6 Å². The van der Waals surface area contributed by atoms with Crippen LogP contribution in [0.25, 0.3) is 28.5 Å². The number of likely N-dealkylation sites (tertiary alicyclic amines) is 1. The van der Waals surface area contributed by atoms with Crippen molar-refractivity contribution in [3.8, 4) is 22.6 Å². The molecular formula is C24H22ClFN6O. The summed E-state index contributed by atoms with van der Waals surface area (Å²) in [6.07, 6.45) is 10.1.